The number of fused-ring (bicyclic) bond motifs is 1. The number of carbonyl (C=O) groups is 2. The molecule has 0 saturated carbocycles. The molecule has 0 fully saturated rings. The molecule has 0 aliphatic carbocycles. The summed E-state index contributed by atoms with van der Waals surface area (Å²) in [7, 11) is 0. The number of furan rings is 1. The zero-order valence-electron chi connectivity index (χ0n) is 14.1. The van der Waals surface area contributed by atoms with Gasteiger partial charge in [0, 0.05) is 10.9 Å². The molecular formula is C20H19NO4. The number of hydrogen-bond acceptors (Lipinski definition) is 3. The maximum Gasteiger partial charge on any atom is 0.330 e. The van der Waals surface area contributed by atoms with E-state index in [-0.39, 0.29) is 12.3 Å². The molecule has 0 radical (unpaired) electrons. The second-order valence-corrected chi connectivity index (χ2v) is 6.07. The number of rotatable bonds is 5. The number of carboxylic acids is 1. The molecule has 25 heavy (non-hydrogen) atoms. The number of carbonyl (C=O) groups excluding carboxylic acids is 1. The monoisotopic (exact) mass is 337 g/mol. The third-order valence-electron chi connectivity index (χ3n) is 4.38. The lowest BCUT2D eigenvalue weighted by Crippen LogP contribution is -2.34. The topological polar surface area (TPSA) is 79.5 Å². The molecule has 5 nitrogen and oxygen atoms in total. The average Bonchev–Trinajstić information content (AvgIpc) is 3.00. The van der Waals surface area contributed by atoms with Gasteiger partial charge < -0.3 is 14.8 Å². The SMILES string of the molecule is Cc1ccc2c(CC(=O)N[C@@H](C(=O)O)c3ccccc3)coc2c1C. The van der Waals surface area contributed by atoms with E-state index in [9.17, 15) is 14.7 Å². The first-order chi connectivity index (χ1) is 12.0. The maximum absolute atomic E-state index is 12.4. The quantitative estimate of drug-likeness (QED) is 0.746. The van der Waals surface area contributed by atoms with Gasteiger partial charge in [-0.2, -0.15) is 0 Å². The summed E-state index contributed by atoms with van der Waals surface area (Å²) >= 11 is 0. The van der Waals surface area contributed by atoms with Crippen LogP contribution in [0.5, 0.6) is 0 Å². The van der Waals surface area contributed by atoms with Gasteiger partial charge in [0.1, 0.15) is 5.58 Å². The van der Waals surface area contributed by atoms with Gasteiger partial charge in [0.05, 0.1) is 12.7 Å². The van der Waals surface area contributed by atoms with Crippen molar-refractivity contribution in [3.63, 3.8) is 0 Å². The van der Waals surface area contributed by atoms with E-state index in [1.165, 1.54) is 0 Å². The van der Waals surface area contributed by atoms with Crippen LogP contribution >= 0.6 is 0 Å². The minimum atomic E-state index is -1.09. The Balaban J connectivity index is 1.80. The summed E-state index contributed by atoms with van der Waals surface area (Å²) in [5.74, 6) is -1.46. The fourth-order valence-corrected chi connectivity index (χ4v) is 2.84. The maximum atomic E-state index is 12.4. The fraction of sp³-hybridized carbons (Fsp3) is 0.200. The van der Waals surface area contributed by atoms with Crippen molar-refractivity contribution in [1.29, 1.82) is 0 Å². The summed E-state index contributed by atoms with van der Waals surface area (Å²) in [4.78, 5) is 23.9. The van der Waals surface area contributed by atoms with Crippen molar-refractivity contribution in [2.24, 2.45) is 0 Å². The predicted molar refractivity (Wildman–Crippen MR) is 94.4 cm³/mol. The summed E-state index contributed by atoms with van der Waals surface area (Å²) in [6.07, 6.45) is 1.63. The van der Waals surface area contributed by atoms with Gasteiger partial charge in [-0.3, -0.25) is 4.79 Å². The largest absolute Gasteiger partial charge is 0.479 e. The van der Waals surface area contributed by atoms with Gasteiger partial charge in [-0.25, -0.2) is 4.79 Å². The van der Waals surface area contributed by atoms with Crippen molar-refractivity contribution in [2.75, 3.05) is 0 Å². The Labute approximate surface area is 145 Å². The molecule has 0 aliphatic rings. The molecule has 0 bridgehead atoms. The predicted octanol–water partition coefficient (Wildman–Crippen LogP) is 3.53. The van der Waals surface area contributed by atoms with E-state index in [4.69, 9.17) is 4.42 Å². The highest BCUT2D eigenvalue weighted by Gasteiger charge is 2.22. The Bertz CT molecular complexity index is 928. The van der Waals surface area contributed by atoms with Crippen molar-refractivity contribution >= 4 is 22.8 Å². The lowest BCUT2D eigenvalue weighted by molar-refractivity contribution is -0.141. The first-order valence-electron chi connectivity index (χ1n) is 8.00. The molecule has 0 spiro atoms. The van der Waals surface area contributed by atoms with Crippen LogP contribution in [0.4, 0.5) is 0 Å². The number of hydrogen-bond donors (Lipinski definition) is 2. The summed E-state index contributed by atoms with van der Waals surface area (Å²) < 4.78 is 5.60. The van der Waals surface area contributed by atoms with Crippen LogP contribution in [0.3, 0.4) is 0 Å². The van der Waals surface area contributed by atoms with Crippen LogP contribution in [0.1, 0.15) is 28.3 Å². The van der Waals surface area contributed by atoms with E-state index >= 15 is 0 Å². The standard InChI is InChI=1S/C20H19NO4/c1-12-8-9-16-15(11-25-19(16)13(12)2)10-17(22)21-18(20(23)24)14-6-4-3-5-7-14/h3-9,11,18H,10H2,1-2H3,(H,21,22)(H,23,24)/t18-/m1/s1. The van der Waals surface area contributed by atoms with Gasteiger partial charge >= 0.3 is 5.97 Å². The van der Waals surface area contributed by atoms with E-state index in [0.717, 1.165) is 27.7 Å². The molecule has 3 aromatic rings. The fourth-order valence-electron chi connectivity index (χ4n) is 2.84. The molecule has 3 rings (SSSR count). The molecule has 2 N–H and O–H groups in total. The van der Waals surface area contributed by atoms with Gasteiger partial charge in [0.25, 0.3) is 0 Å². The molecule has 5 heteroatoms. The zero-order valence-corrected chi connectivity index (χ0v) is 14.1. The highest BCUT2D eigenvalue weighted by molar-refractivity contribution is 5.91. The van der Waals surface area contributed by atoms with E-state index in [1.54, 1.807) is 36.6 Å². The van der Waals surface area contributed by atoms with E-state index in [0.29, 0.717) is 5.56 Å². The van der Waals surface area contributed by atoms with Crippen LogP contribution in [-0.4, -0.2) is 17.0 Å². The number of aliphatic carboxylic acids is 1. The van der Waals surface area contributed by atoms with Gasteiger partial charge in [0.2, 0.25) is 5.91 Å². The molecule has 1 atom stereocenters. The summed E-state index contributed by atoms with van der Waals surface area (Å²) in [6.45, 7) is 3.97. The van der Waals surface area contributed by atoms with Crippen molar-refractivity contribution < 1.29 is 19.1 Å². The normalized spacial score (nSPS) is 12.1. The Kier molecular flexibility index (Phi) is 4.57. The van der Waals surface area contributed by atoms with Crippen molar-refractivity contribution in [2.45, 2.75) is 26.3 Å². The van der Waals surface area contributed by atoms with E-state index in [2.05, 4.69) is 5.32 Å². The van der Waals surface area contributed by atoms with E-state index in [1.807, 2.05) is 26.0 Å². The number of nitrogens with one attached hydrogen (secondary N) is 1. The second kappa shape index (κ2) is 6.81. The van der Waals surface area contributed by atoms with Crippen LogP contribution in [0.25, 0.3) is 11.0 Å². The van der Waals surface area contributed by atoms with Crippen LogP contribution in [-0.2, 0) is 16.0 Å². The Hall–Kier alpha value is -3.08. The van der Waals surface area contributed by atoms with Gasteiger partial charge in [0.15, 0.2) is 6.04 Å². The molecule has 128 valence electrons. The molecule has 1 amide bonds. The number of aryl methyl sites for hydroxylation is 2. The molecule has 2 aromatic carbocycles. The van der Waals surface area contributed by atoms with Crippen LogP contribution in [0, 0.1) is 13.8 Å². The van der Waals surface area contributed by atoms with Crippen molar-refractivity contribution in [1.82, 2.24) is 5.32 Å². The lowest BCUT2D eigenvalue weighted by atomic mass is 10.0. The molecule has 0 unspecified atom stereocenters. The summed E-state index contributed by atoms with van der Waals surface area (Å²) in [5, 5.41) is 12.9. The minimum Gasteiger partial charge on any atom is -0.479 e. The van der Waals surface area contributed by atoms with Crippen molar-refractivity contribution in [3.05, 3.63) is 71.0 Å². The van der Waals surface area contributed by atoms with Crippen molar-refractivity contribution in [3.8, 4) is 0 Å². The lowest BCUT2D eigenvalue weighted by Gasteiger charge is -2.14. The third-order valence-corrected chi connectivity index (χ3v) is 4.38. The molecule has 1 heterocycles. The molecule has 0 saturated heterocycles. The Morgan fingerprint density at radius 1 is 1.12 bits per heavy atom. The number of carboxylic acid groups (broad SMARTS) is 1. The van der Waals surface area contributed by atoms with Gasteiger partial charge in [-0.15, -0.1) is 0 Å². The average molecular weight is 337 g/mol. The zero-order chi connectivity index (χ0) is 18.0. The highest BCUT2D eigenvalue weighted by atomic mass is 16.4. The molecule has 1 aromatic heterocycles. The van der Waals surface area contributed by atoms with Crippen LogP contribution < -0.4 is 5.32 Å². The van der Waals surface area contributed by atoms with Crippen LogP contribution in [0.2, 0.25) is 0 Å². The highest BCUT2D eigenvalue weighted by Crippen LogP contribution is 2.27. The first kappa shape index (κ1) is 16.8. The molecule has 0 aliphatic heterocycles. The summed E-state index contributed by atoms with van der Waals surface area (Å²) in [5.41, 5.74) is 4.20. The number of amides is 1. The second-order valence-electron chi connectivity index (χ2n) is 6.07. The Morgan fingerprint density at radius 3 is 2.52 bits per heavy atom. The Morgan fingerprint density at radius 2 is 1.84 bits per heavy atom. The first-order valence-corrected chi connectivity index (χ1v) is 8.00. The van der Waals surface area contributed by atoms with Gasteiger partial charge in [-0.05, 0) is 30.5 Å². The van der Waals surface area contributed by atoms with Gasteiger partial charge in [-0.1, -0.05) is 42.5 Å². The summed E-state index contributed by atoms with van der Waals surface area (Å²) in [6, 6.07) is 11.5. The number of benzene rings is 2. The minimum absolute atomic E-state index is 0.0616. The third kappa shape index (κ3) is 3.40. The van der Waals surface area contributed by atoms with Crippen LogP contribution in [0.15, 0.2) is 53.1 Å². The van der Waals surface area contributed by atoms with E-state index < -0.39 is 12.0 Å². The smallest absolute Gasteiger partial charge is 0.330 e. The molecular weight excluding hydrogens is 318 g/mol.